The lowest BCUT2D eigenvalue weighted by Gasteiger charge is -2.06. The van der Waals surface area contributed by atoms with Crippen LogP contribution in [0.3, 0.4) is 0 Å². The Bertz CT molecular complexity index is 1460. The topological polar surface area (TPSA) is 130 Å². The van der Waals surface area contributed by atoms with Crippen LogP contribution in [0.1, 0.15) is 10.8 Å². The van der Waals surface area contributed by atoms with Crippen molar-refractivity contribution in [2.75, 3.05) is 17.1 Å². The van der Waals surface area contributed by atoms with Crippen LogP contribution in [-0.4, -0.2) is 25.7 Å². The molecule has 0 saturated carbocycles. The van der Waals surface area contributed by atoms with Crippen LogP contribution in [0.5, 0.6) is 5.75 Å². The Morgan fingerprint density at radius 3 is 2.53 bits per heavy atom. The molecule has 0 aliphatic heterocycles. The van der Waals surface area contributed by atoms with Gasteiger partial charge < -0.3 is 14.6 Å². The average molecular weight is 494 g/mol. The lowest BCUT2D eigenvalue weighted by molar-refractivity contribution is 0.400. The van der Waals surface area contributed by atoms with Crippen LogP contribution < -0.4 is 14.8 Å². The van der Waals surface area contributed by atoms with Gasteiger partial charge in [-0.15, -0.1) is 11.3 Å². The van der Waals surface area contributed by atoms with Gasteiger partial charge in [-0.05, 0) is 55.5 Å². The normalized spacial score (nSPS) is 11.6. The van der Waals surface area contributed by atoms with E-state index in [2.05, 4.69) is 26.2 Å². The molecule has 0 unspecified atom stereocenters. The number of benzene rings is 2. The number of thiazole rings is 1. The second-order valence-electron chi connectivity index (χ2n) is 7.03. The Balaban J connectivity index is 1.46. The summed E-state index contributed by atoms with van der Waals surface area (Å²) in [7, 11) is -2.20. The highest BCUT2D eigenvalue weighted by Gasteiger charge is 2.16. The Labute approximate surface area is 200 Å². The number of ether oxygens (including phenoxy) is 1. The van der Waals surface area contributed by atoms with Gasteiger partial charge in [0.15, 0.2) is 5.82 Å². The SMILES string of the molecule is COc1ccc(-c2csc(/C(C#N)=C\Nc3ccc(S(=O)(=O)Nc4cc(C)on4)cc3)n2)cc1. The molecule has 172 valence electrons. The summed E-state index contributed by atoms with van der Waals surface area (Å²) in [5.74, 6) is 1.36. The molecular weight excluding hydrogens is 474 g/mol. The van der Waals surface area contributed by atoms with Crippen molar-refractivity contribution in [1.29, 1.82) is 5.26 Å². The molecule has 0 bridgehead atoms. The van der Waals surface area contributed by atoms with E-state index in [-0.39, 0.29) is 10.7 Å². The van der Waals surface area contributed by atoms with Gasteiger partial charge in [0.2, 0.25) is 0 Å². The smallest absolute Gasteiger partial charge is 0.263 e. The number of aromatic nitrogens is 2. The predicted molar refractivity (Wildman–Crippen MR) is 130 cm³/mol. The van der Waals surface area contributed by atoms with Crippen LogP contribution in [0, 0.1) is 18.3 Å². The molecule has 34 heavy (non-hydrogen) atoms. The highest BCUT2D eigenvalue weighted by Crippen LogP contribution is 2.27. The highest BCUT2D eigenvalue weighted by molar-refractivity contribution is 7.92. The van der Waals surface area contributed by atoms with Gasteiger partial charge in [0.05, 0.1) is 17.7 Å². The first kappa shape index (κ1) is 23.0. The van der Waals surface area contributed by atoms with Crippen LogP contribution in [0.2, 0.25) is 0 Å². The first-order chi connectivity index (χ1) is 16.4. The summed E-state index contributed by atoms with van der Waals surface area (Å²) in [6.45, 7) is 1.67. The van der Waals surface area contributed by atoms with E-state index < -0.39 is 10.0 Å². The third-order valence-electron chi connectivity index (χ3n) is 4.66. The van der Waals surface area contributed by atoms with E-state index in [1.165, 1.54) is 35.7 Å². The number of hydrogen-bond acceptors (Lipinski definition) is 9. The molecule has 2 N–H and O–H groups in total. The molecule has 0 saturated heterocycles. The summed E-state index contributed by atoms with van der Waals surface area (Å²) in [6.07, 6.45) is 1.54. The standard InChI is InChI=1S/C23H19N5O4S2/c1-15-11-22(27-32-15)28-34(29,30)20-9-5-18(6-10-20)25-13-17(12-24)23-26-21(14-33-23)16-3-7-19(31-2)8-4-16/h3-11,13-14,25H,1-2H3,(H,27,28)/b17-13-. The highest BCUT2D eigenvalue weighted by atomic mass is 32.2. The molecule has 4 rings (SSSR count). The minimum absolute atomic E-state index is 0.0623. The van der Waals surface area contributed by atoms with Crippen molar-refractivity contribution >= 4 is 38.4 Å². The number of sulfonamides is 1. The van der Waals surface area contributed by atoms with Crippen molar-refractivity contribution in [3.05, 3.63) is 76.9 Å². The Kier molecular flexibility index (Phi) is 6.62. The number of aryl methyl sites for hydroxylation is 1. The third kappa shape index (κ3) is 5.25. The first-order valence-corrected chi connectivity index (χ1v) is 12.3. The number of anilines is 2. The molecule has 0 aliphatic carbocycles. The summed E-state index contributed by atoms with van der Waals surface area (Å²) in [5, 5.41) is 18.7. The maximum absolute atomic E-state index is 12.5. The largest absolute Gasteiger partial charge is 0.497 e. The Morgan fingerprint density at radius 2 is 1.91 bits per heavy atom. The van der Waals surface area contributed by atoms with Crippen LogP contribution >= 0.6 is 11.3 Å². The van der Waals surface area contributed by atoms with Gasteiger partial charge in [-0.1, -0.05) is 5.16 Å². The van der Waals surface area contributed by atoms with Gasteiger partial charge in [0, 0.05) is 28.9 Å². The maximum atomic E-state index is 12.5. The summed E-state index contributed by atoms with van der Waals surface area (Å²) in [4.78, 5) is 4.62. The second-order valence-corrected chi connectivity index (χ2v) is 9.57. The van der Waals surface area contributed by atoms with Gasteiger partial charge in [-0.3, -0.25) is 4.72 Å². The van der Waals surface area contributed by atoms with E-state index in [0.717, 1.165) is 17.0 Å². The fraction of sp³-hybridized carbons (Fsp3) is 0.0870. The van der Waals surface area contributed by atoms with Crippen LogP contribution in [0.4, 0.5) is 11.5 Å². The Hall–Kier alpha value is -4.14. The summed E-state index contributed by atoms with van der Waals surface area (Å²) in [6, 6.07) is 17.2. The van der Waals surface area contributed by atoms with Crippen molar-refractivity contribution in [1.82, 2.24) is 10.1 Å². The van der Waals surface area contributed by atoms with Crippen LogP contribution in [0.15, 0.2) is 75.6 Å². The molecular formula is C23H19N5O4S2. The maximum Gasteiger partial charge on any atom is 0.263 e. The monoisotopic (exact) mass is 493 g/mol. The van der Waals surface area contributed by atoms with Gasteiger partial charge in [0.25, 0.3) is 10.0 Å². The van der Waals surface area contributed by atoms with Crippen molar-refractivity contribution < 1.29 is 17.7 Å². The summed E-state index contributed by atoms with van der Waals surface area (Å²) < 4.78 is 37.4. The van der Waals surface area contributed by atoms with Gasteiger partial charge in [-0.25, -0.2) is 13.4 Å². The molecule has 2 aromatic carbocycles. The number of nitrogens with zero attached hydrogens (tertiary/aromatic N) is 3. The van der Waals surface area contributed by atoms with E-state index in [1.807, 2.05) is 29.6 Å². The minimum atomic E-state index is -3.81. The number of nitriles is 1. The lowest BCUT2D eigenvalue weighted by atomic mass is 10.2. The fourth-order valence-electron chi connectivity index (χ4n) is 2.93. The van der Waals surface area contributed by atoms with Crippen molar-refractivity contribution in [3.63, 3.8) is 0 Å². The fourth-order valence-corrected chi connectivity index (χ4v) is 4.71. The van der Waals surface area contributed by atoms with E-state index in [9.17, 15) is 13.7 Å². The zero-order chi connectivity index (χ0) is 24.1. The van der Waals surface area contributed by atoms with Crippen LogP contribution in [-0.2, 0) is 10.0 Å². The number of hydrogen-bond donors (Lipinski definition) is 2. The molecule has 0 amide bonds. The van der Waals surface area contributed by atoms with Crippen molar-refractivity contribution in [2.45, 2.75) is 11.8 Å². The Morgan fingerprint density at radius 1 is 1.18 bits per heavy atom. The number of nitrogens with one attached hydrogen (secondary N) is 2. The number of allylic oxidation sites excluding steroid dienone is 1. The summed E-state index contributed by atoms with van der Waals surface area (Å²) in [5.41, 5.74) is 2.63. The van der Waals surface area contributed by atoms with E-state index in [1.54, 1.807) is 26.2 Å². The molecule has 2 heterocycles. The molecule has 4 aromatic rings. The van der Waals surface area contributed by atoms with Crippen LogP contribution in [0.25, 0.3) is 16.8 Å². The second kappa shape index (κ2) is 9.78. The zero-order valence-corrected chi connectivity index (χ0v) is 19.8. The molecule has 2 aromatic heterocycles. The average Bonchev–Trinajstić information content (AvgIpc) is 3.49. The molecule has 9 nitrogen and oxygen atoms in total. The molecule has 0 fully saturated rings. The summed E-state index contributed by atoms with van der Waals surface area (Å²) >= 11 is 1.36. The number of rotatable bonds is 8. The minimum Gasteiger partial charge on any atom is -0.497 e. The number of methoxy groups -OCH3 is 1. The molecule has 0 spiro atoms. The lowest BCUT2D eigenvalue weighted by Crippen LogP contribution is -2.13. The van der Waals surface area contributed by atoms with Gasteiger partial charge >= 0.3 is 0 Å². The van der Waals surface area contributed by atoms with E-state index in [0.29, 0.717) is 22.0 Å². The van der Waals surface area contributed by atoms with Crippen molar-refractivity contribution in [3.8, 4) is 23.1 Å². The molecule has 0 radical (unpaired) electrons. The molecule has 11 heteroatoms. The van der Waals surface area contributed by atoms with Gasteiger partial charge in [-0.2, -0.15) is 5.26 Å². The first-order valence-electron chi connectivity index (χ1n) is 9.91. The van der Waals surface area contributed by atoms with E-state index in [4.69, 9.17) is 9.26 Å². The van der Waals surface area contributed by atoms with E-state index >= 15 is 0 Å². The zero-order valence-electron chi connectivity index (χ0n) is 18.1. The third-order valence-corrected chi connectivity index (χ3v) is 6.90. The van der Waals surface area contributed by atoms with Gasteiger partial charge in [0.1, 0.15) is 28.2 Å². The quantitative estimate of drug-likeness (QED) is 0.332. The molecule has 0 atom stereocenters. The predicted octanol–water partition coefficient (Wildman–Crippen LogP) is 4.89. The molecule has 0 aliphatic rings. The van der Waals surface area contributed by atoms with Crippen molar-refractivity contribution in [2.24, 2.45) is 0 Å².